The summed E-state index contributed by atoms with van der Waals surface area (Å²) in [7, 11) is 4.26. The van der Waals surface area contributed by atoms with Crippen LogP contribution in [0.4, 0.5) is 0 Å². The van der Waals surface area contributed by atoms with Gasteiger partial charge in [-0.15, -0.1) is 0 Å². The molecule has 2 aromatic rings. The van der Waals surface area contributed by atoms with Gasteiger partial charge < -0.3 is 4.90 Å². The Morgan fingerprint density at radius 1 is 1.10 bits per heavy atom. The monoisotopic (exact) mass is 273 g/mol. The normalized spacial score (nSPS) is 17.1. The maximum absolute atomic E-state index is 4.78. The average molecular weight is 273 g/mol. The van der Waals surface area contributed by atoms with Crippen molar-refractivity contribution in [3.8, 4) is 0 Å². The van der Waals surface area contributed by atoms with Gasteiger partial charge in [0, 0.05) is 18.4 Å². The summed E-state index contributed by atoms with van der Waals surface area (Å²) < 4.78 is 2.03. The molecule has 0 N–H and O–H groups in total. The fraction of sp³-hybridized carbons (Fsp3) is 0.588. The van der Waals surface area contributed by atoms with Crippen LogP contribution in [0.3, 0.4) is 0 Å². The molecule has 0 atom stereocenters. The lowest BCUT2D eigenvalue weighted by Crippen LogP contribution is -2.29. The number of rotatable bonds is 1. The predicted molar refractivity (Wildman–Crippen MR) is 86.3 cm³/mol. The van der Waals surface area contributed by atoms with Gasteiger partial charge in [0.25, 0.3) is 0 Å². The van der Waals surface area contributed by atoms with Gasteiger partial charge in [0.1, 0.15) is 0 Å². The SMILES string of the molecule is CC.Cc1ccc2c(c1)c(C1CCN(C)CC1)nn2C. The molecule has 2 heterocycles. The smallest absolute Gasteiger partial charge is 0.0735 e. The topological polar surface area (TPSA) is 21.1 Å². The molecule has 1 aromatic carbocycles. The lowest BCUT2D eigenvalue weighted by atomic mass is 9.91. The van der Waals surface area contributed by atoms with Crippen molar-refractivity contribution in [3.63, 3.8) is 0 Å². The Morgan fingerprint density at radius 2 is 1.75 bits per heavy atom. The van der Waals surface area contributed by atoms with Crippen LogP contribution in [0.25, 0.3) is 10.9 Å². The van der Waals surface area contributed by atoms with Gasteiger partial charge in [-0.25, -0.2) is 0 Å². The summed E-state index contributed by atoms with van der Waals surface area (Å²) in [5.41, 5.74) is 3.89. The number of fused-ring (bicyclic) bond motifs is 1. The highest BCUT2D eigenvalue weighted by molar-refractivity contribution is 5.83. The first kappa shape index (κ1) is 15.0. The molecule has 1 fully saturated rings. The van der Waals surface area contributed by atoms with Gasteiger partial charge in [-0.1, -0.05) is 25.5 Å². The van der Waals surface area contributed by atoms with E-state index in [1.54, 1.807) is 0 Å². The molecule has 1 aromatic heterocycles. The summed E-state index contributed by atoms with van der Waals surface area (Å²) in [6.07, 6.45) is 2.47. The maximum Gasteiger partial charge on any atom is 0.0735 e. The van der Waals surface area contributed by atoms with Crippen molar-refractivity contribution in [1.82, 2.24) is 14.7 Å². The molecule has 1 aliphatic rings. The molecule has 0 aliphatic carbocycles. The summed E-state index contributed by atoms with van der Waals surface area (Å²) in [4.78, 5) is 2.41. The van der Waals surface area contributed by atoms with Gasteiger partial charge in [0.2, 0.25) is 0 Å². The van der Waals surface area contributed by atoms with Gasteiger partial charge in [-0.2, -0.15) is 5.10 Å². The summed E-state index contributed by atoms with van der Waals surface area (Å²) in [5.74, 6) is 0.631. The number of aromatic nitrogens is 2. The number of hydrogen-bond acceptors (Lipinski definition) is 2. The van der Waals surface area contributed by atoms with Gasteiger partial charge >= 0.3 is 0 Å². The van der Waals surface area contributed by atoms with Crippen LogP contribution in [0, 0.1) is 6.92 Å². The third kappa shape index (κ3) is 2.88. The van der Waals surface area contributed by atoms with E-state index in [2.05, 4.69) is 44.1 Å². The Bertz CT molecular complexity index is 563. The molecule has 20 heavy (non-hydrogen) atoms. The number of aryl methyl sites for hydroxylation is 2. The number of benzene rings is 1. The summed E-state index contributed by atoms with van der Waals surface area (Å²) in [6.45, 7) is 8.54. The van der Waals surface area contributed by atoms with E-state index in [1.165, 1.54) is 48.1 Å². The highest BCUT2D eigenvalue weighted by atomic mass is 15.3. The van der Waals surface area contributed by atoms with Gasteiger partial charge in [-0.05, 0) is 52.0 Å². The van der Waals surface area contributed by atoms with Crippen LogP contribution in [0.2, 0.25) is 0 Å². The lowest BCUT2D eigenvalue weighted by molar-refractivity contribution is 0.253. The summed E-state index contributed by atoms with van der Waals surface area (Å²) in [5, 5.41) is 6.13. The van der Waals surface area contributed by atoms with Gasteiger partial charge in [0.15, 0.2) is 0 Å². The zero-order valence-electron chi connectivity index (χ0n) is 13.5. The third-order valence-electron chi connectivity index (χ3n) is 4.14. The van der Waals surface area contributed by atoms with Crippen LogP contribution < -0.4 is 0 Å². The number of likely N-dealkylation sites (tertiary alicyclic amines) is 1. The van der Waals surface area contributed by atoms with Gasteiger partial charge in [-0.3, -0.25) is 4.68 Å². The predicted octanol–water partition coefficient (Wildman–Crippen LogP) is 3.72. The van der Waals surface area contributed by atoms with Crippen molar-refractivity contribution in [2.45, 2.75) is 39.5 Å². The van der Waals surface area contributed by atoms with Gasteiger partial charge in [0.05, 0.1) is 11.2 Å². The van der Waals surface area contributed by atoms with Crippen LogP contribution in [0.5, 0.6) is 0 Å². The van der Waals surface area contributed by atoms with E-state index in [0.717, 1.165) is 0 Å². The van der Waals surface area contributed by atoms with E-state index in [4.69, 9.17) is 5.10 Å². The van der Waals surface area contributed by atoms with Crippen LogP contribution in [-0.2, 0) is 7.05 Å². The molecule has 0 amide bonds. The number of hydrogen-bond donors (Lipinski definition) is 0. The molecule has 0 spiro atoms. The minimum absolute atomic E-state index is 0.631. The highest BCUT2D eigenvalue weighted by Crippen LogP contribution is 2.32. The number of piperidine rings is 1. The first-order valence-electron chi connectivity index (χ1n) is 7.77. The van der Waals surface area contributed by atoms with Crippen molar-refractivity contribution < 1.29 is 0 Å². The quantitative estimate of drug-likeness (QED) is 0.789. The minimum atomic E-state index is 0.631. The first-order chi connectivity index (χ1) is 9.65. The second-order valence-electron chi connectivity index (χ2n) is 5.61. The van der Waals surface area contributed by atoms with E-state index < -0.39 is 0 Å². The Balaban J connectivity index is 0.000000704. The zero-order valence-corrected chi connectivity index (χ0v) is 13.5. The lowest BCUT2D eigenvalue weighted by Gasteiger charge is -2.28. The first-order valence-corrected chi connectivity index (χ1v) is 7.77. The average Bonchev–Trinajstić information content (AvgIpc) is 2.78. The van der Waals surface area contributed by atoms with E-state index in [0.29, 0.717) is 5.92 Å². The molecule has 3 heteroatoms. The van der Waals surface area contributed by atoms with Crippen molar-refractivity contribution in [2.24, 2.45) is 7.05 Å². The number of nitrogens with zero attached hydrogens (tertiary/aromatic N) is 3. The maximum atomic E-state index is 4.78. The molecule has 1 saturated heterocycles. The fourth-order valence-electron chi connectivity index (χ4n) is 2.99. The molecule has 0 radical (unpaired) electrons. The van der Waals surface area contributed by atoms with E-state index in [9.17, 15) is 0 Å². The molecule has 3 nitrogen and oxygen atoms in total. The van der Waals surface area contributed by atoms with Crippen LogP contribution >= 0.6 is 0 Å². The molecule has 110 valence electrons. The molecular weight excluding hydrogens is 246 g/mol. The Kier molecular flexibility index (Phi) is 4.81. The van der Waals surface area contributed by atoms with Crippen molar-refractivity contribution in [1.29, 1.82) is 0 Å². The van der Waals surface area contributed by atoms with Crippen molar-refractivity contribution in [3.05, 3.63) is 29.5 Å². The molecule has 0 bridgehead atoms. The van der Waals surface area contributed by atoms with Crippen molar-refractivity contribution in [2.75, 3.05) is 20.1 Å². The molecule has 0 saturated carbocycles. The Hall–Kier alpha value is -1.35. The Morgan fingerprint density at radius 3 is 2.40 bits per heavy atom. The molecule has 3 rings (SSSR count). The fourth-order valence-corrected chi connectivity index (χ4v) is 2.99. The van der Waals surface area contributed by atoms with E-state index in [-0.39, 0.29) is 0 Å². The minimum Gasteiger partial charge on any atom is -0.306 e. The summed E-state index contributed by atoms with van der Waals surface area (Å²) >= 11 is 0. The standard InChI is InChI=1S/C15H21N3.C2H6/c1-11-4-5-14-13(10-11)15(16-18(14)3)12-6-8-17(2)9-7-12;1-2/h4-5,10,12H,6-9H2,1-3H3;1-2H3. The second kappa shape index (κ2) is 6.40. The van der Waals surface area contributed by atoms with Crippen LogP contribution in [0.1, 0.15) is 43.9 Å². The summed E-state index contributed by atoms with van der Waals surface area (Å²) in [6, 6.07) is 6.65. The highest BCUT2D eigenvalue weighted by Gasteiger charge is 2.23. The third-order valence-corrected chi connectivity index (χ3v) is 4.14. The van der Waals surface area contributed by atoms with Crippen molar-refractivity contribution >= 4 is 10.9 Å². The van der Waals surface area contributed by atoms with E-state index >= 15 is 0 Å². The molecule has 1 aliphatic heterocycles. The molecule has 0 unspecified atom stereocenters. The van der Waals surface area contributed by atoms with E-state index in [1.807, 2.05) is 18.5 Å². The van der Waals surface area contributed by atoms with Crippen LogP contribution in [-0.4, -0.2) is 34.8 Å². The largest absolute Gasteiger partial charge is 0.306 e. The second-order valence-corrected chi connectivity index (χ2v) is 5.61. The Labute approximate surface area is 122 Å². The zero-order chi connectivity index (χ0) is 14.7. The molecular formula is C17H27N3. The van der Waals surface area contributed by atoms with Crippen LogP contribution in [0.15, 0.2) is 18.2 Å².